The van der Waals surface area contributed by atoms with Crippen molar-refractivity contribution in [3.63, 3.8) is 0 Å². The number of carbonyl (C=O) groups is 2. The number of carbonyl (C=O) groups excluding carboxylic acids is 2. The molecular weight excluding hydrogens is 502 g/mol. The third kappa shape index (κ3) is 7.01. The lowest BCUT2D eigenvalue weighted by Gasteiger charge is -2.04. The highest BCUT2D eigenvalue weighted by atomic mass is 32.1. The van der Waals surface area contributed by atoms with Crippen molar-refractivity contribution in [2.75, 3.05) is 10.6 Å². The quantitative estimate of drug-likeness (QED) is 0.249. The Kier molecular flexibility index (Phi) is 7.99. The molecule has 12 heteroatoms. The van der Waals surface area contributed by atoms with Gasteiger partial charge in [-0.2, -0.15) is 5.10 Å². The van der Waals surface area contributed by atoms with Gasteiger partial charge in [-0.15, -0.1) is 15.3 Å². The standard InChI is InChI=1S/C26H25N9O2S/c36-23(15-19-8-3-5-13-27-19)29-21-12-11-18(31-32-21)7-1-2-10-25-33-34-26(38-25)30-24(37)16-20-17-35-14-6-4-9-22(35)28-20/h3-6,8-9,11-14,17H,1-2,7,10,15-16H2,(H,29,32,36)(H,30,34,37). The summed E-state index contributed by atoms with van der Waals surface area (Å²) in [6.07, 6.45) is 9.07. The van der Waals surface area contributed by atoms with E-state index in [-0.39, 0.29) is 24.7 Å². The van der Waals surface area contributed by atoms with Gasteiger partial charge in [-0.3, -0.25) is 14.6 Å². The molecule has 0 bridgehead atoms. The summed E-state index contributed by atoms with van der Waals surface area (Å²) < 4.78 is 1.88. The van der Waals surface area contributed by atoms with E-state index >= 15 is 0 Å². The lowest BCUT2D eigenvalue weighted by molar-refractivity contribution is -0.116. The van der Waals surface area contributed by atoms with Crippen LogP contribution in [0.4, 0.5) is 10.9 Å². The van der Waals surface area contributed by atoms with Crippen LogP contribution in [0.2, 0.25) is 0 Å². The zero-order valence-corrected chi connectivity index (χ0v) is 21.3. The van der Waals surface area contributed by atoms with Crippen LogP contribution in [0.1, 0.15) is 34.9 Å². The molecule has 0 aliphatic rings. The summed E-state index contributed by atoms with van der Waals surface area (Å²) in [4.78, 5) is 33.1. The van der Waals surface area contributed by atoms with E-state index in [0.29, 0.717) is 22.3 Å². The number of imidazole rings is 1. The van der Waals surface area contributed by atoms with Gasteiger partial charge in [0.2, 0.25) is 16.9 Å². The number of aromatic nitrogens is 7. The smallest absolute Gasteiger partial charge is 0.232 e. The SMILES string of the molecule is O=C(Cc1ccccn1)Nc1ccc(CCCCc2nnc(NC(=O)Cc3cn4ccccc4n3)s2)nn1. The molecule has 5 rings (SSSR count). The van der Waals surface area contributed by atoms with Gasteiger partial charge in [0.25, 0.3) is 0 Å². The molecule has 0 aliphatic carbocycles. The van der Waals surface area contributed by atoms with Crippen molar-refractivity contribution < 1.29 is 9.59 Å². The van der Waals surface area contributed by atoms with Gasteiger partial charge in [0.1, 0.15) is 10.7 Å². The minimum absolute atomic E-state index is 0.171. The van der Waals surface area contributed by atoms with Gasteiger partial charge in [-0.25, -0.2) is 4.98 Å². The Morgan fingerprint density at radius 2 is 1.63 bits per heavy atom. The molecule has 0 spiro atoms. The first-order valence-corrected chi connectivity index (χ1v) is 13.0. The molecular formula is C26H25N9O2S. The molecule has 5 aromatic heterocycles. The van der Waals surface area contributed by atoms with Crippen molar-refractivity contribution in [1.29, 1.82) is 0 Å². The molecule has 2 N–H and O–H groups in total. The fourth-order valence-corrected chi connectivity index (χ4v) is 4.60. The predicted molar refractivity (Wildman–Crippen MR) is 143 cm³/mol. The van der Waals surface area contributed by atoms with E-state index < -0.39 is 0 Å². The van der Waals surface area contributed by atoms with Crippen LogP contribution in [0.5, 0.6) is 0 Å². The third-order valence-electron chi connectivity index (χ3n) is 5.60. The Balaban J connectivity index is 1.01. The van der Waals surface area contributed by atoms with Crippen molar-refractivity contribution in [1.82, 2.24) is 34.8 Å². The molecule has 2 amide bonds. The summed E-state index contributed by atoms with van der Waals surface area (Å²) in [7, 11) is 0. The molecule has 0 unspecified atom stereocenters. The molecule has 0 radical (unpaired) electrons. The minimum atomic E-state index is -0.187. The second-order valence-electron chi connectivity index (χ2n) is 8.59. The van der Waals surface area contributed by atoms with E-state index in [2.05, 4.69) is 41.0 Å². The van der Waals surface area contributed by atoms with Gasteiger partial charge in [0.15, 0.2) is 5.82 Å². The molecule has 192 valence electrons. The Hall–Kier alpha value is -4.58. The van der Waals surface area contributed by atoms with E-state index in [1.54, 1.807) is 18.3 Å². The van der Waals surface area contributed by atoms with Crippen LogP contribution >= 0.6 is 11.3 Å². The van der Waals surface area contributed by atoms with E-state index in [1.807, 2.05) is 53.2 Å². The van der Waals surface area contributed by atoms with Gasteiger partial charge >= 0.3 is 0 Å². The van der Waals surface area contributed by atoms with E-state index in [9.17, 15) is 9.59 Å². The number of aryl methyl sites for hydroxylation is 2. The first-order valence-electron chi connectivity index (χ1n) is 12.2. The van der Waals surface area contributed by atoms with Gasteiger partial charge in [0.05, 0.1) is 24.2 Å². The average molecular weight is 528 g/mol. The lowest BCUT2D eigenvalue weighted by atomic mass is 10.1. The summed E-state index contributed by atoms with van der Waals surface area (Å²) in [5.74, 6) is 0.0546. The van der Waals surface area contributed by atoms with E-state index in [4.69, 9.17) is 0 Å². The van der Waals surface area contributed by atoms with Crippen molar-refractivity contribution in [2.24, 2.45) is 0 Å². The first kappa shape index (κ1) is 25.1. The summed E-state index contributed by atoms with van der Waals surface area (Å²) >= 11 is 1.38. The molecule has 5 aromatic rings. The monoisotopic (exact) mass is 527 g/mol. The van der Waals surface area contributed by atoms with Crippen molar-refractivity contribution in [2.45, 2.75) is 38.5 Å². The number of unbranched alkanes of at least 4 members (excludes halogenated alkanes) is 1. The number of nitrogens with zero attached hydrogens (tertiary/aromatic N) is 7. The number of nitrogens with one attached hydrogen (secondary N) is 2. The molecule has 0 aliphatic heterocycles. The fourth-order valence-electron chi connectivity index (χ4n) is 3.80. The minimum Gasteiger partial charge on any atom is -0.309 e. The zero-order valence-electron chi connectivity index (χ0n) is 20.4. The summed E-state index contributed by atoms with van der Waals surface area (Å²) in [6, 6.07) is 14.8. The number of amides is 2. The summed E-state index contributed by atoms with van der Waals surface area (Å²) in [6.45, 7) is 0. The van der Waals surface area contributed by atoms with Crippen molar-refractivity contribution in [3.8, 4) is 0 Å². The van der Waals surface area contributed by atoms with Crippen molar-refractivity contribution >= 4 is 39.7 Å². The largest absolute Gasteiger partial charge is 0.309 e. The Morgan fingerprint density at radius 3 is 2.45 bits per heavy atom. The van der Waals surface area contributed by atoms with Crippen molar-refractivity contribution in [3.05, 3.63) is 89.2 Å². The fraction of sp³-hybridized carbons (Fsp3) is 0.231. The van der Waals surface area contributed by atoms with Crippen LogP contribution in [0.15, 0.2) is 67.1 Å². The molecule has 38 heavy (non-hydrogen) atoms. The maximum absolute atomic E-state index is 12.4. The van der Waals surface area contributed by atoms with Crippen LogP contribution in [0.25, 0.3) is 5.65 Å². The van der Waals surface area contributed by atoms with E-state index in [0.717, 1.165) is 42.0 Å². The number of pyridine rings is 2. The molecule has 5 heterocycles. The summed E-state index contributed by atoms with van der Waals surface area (Å²) in [5, 5.41) is 23.5. The highest BCUT2D eigenvalue weighted by molar-refractivity contribution is 7.15. The van der Waals surface area contributed by atoms with Gasteiger partial charge in [0, 0.05) is 30.7 Å². The molecule has 0 aromatic carbocycles. The zero-order chi connectivity index (χ0) is 26.2. The van der Waals surface area contributed by atoms with Crippen LogP contribution < -0.4 is 10.6 Å². The molecule has 0 fully saturated rings. The lowest BCUT2D eigenvalue weighted by Crippen LogP contribution is -2.16. The topological polar surface area (TPSA) is 140 Å². The number of rotatable bonds is 11. The number of anilines is 2. The number of fused-ring (bicyclic) bond motifs is 1. The summed E-state index contributed by atoms with van der Waals surface area (Å²) in [5.41, 5.74) is 3.05. The molecule has 0 saturated carbocycles. The van der Waals surface area contributed by atoms with Gasteiger partial charge in [-0.1, -0.05) is 23.5 Å². The second-order valence-corrected chi connectivity index (χ2v) is 9.65. The van der Waals surface area contributed by atoms with Crippen LogP contribution in [0.3, 0.4) is 0 Å². The van der Waals surface area contributed by atoms with Gasteiger partial charge in [-0.05, 0) is 55.7 Å². The highest BCUT2D eigenvalue weighted by Gasteiger charge is 2.12. The Bertz CT molecular complexity index is 1480. The molecule has 0 saturated heterocycles. The van der Waals surface area contributed by atoms with Crippen LogP contribution in [0, 0.1) is 0 Å². The average Bonchev–Trinajstić information content (AvgIpc) is 3.54. The maximum Gasteiger partial charge on any atom is 0.232 e. The van der Waals surface area contributed by atoms with Crippen LogP contribution in [-0.4, -0.2) is 46.6 Å². The second kappa shape index (κ2) is 12.1. The molecule has 0 atom stereocenters. The van der Waals surface area contributed by atoms with Gasteiger partial charge < -0.3 is 15.0 Å². The molecule has 11 nitrogen and oxygen atoms in total. The number of hydrogen-bond acceptors (Lipinski definition) is 9. The maximum atomic E-state index is 12.4. The number of hydrogen-bond donors (Lipinski definition) is 2. The predicted octanol–water partition coefficient (Wildman–Crippen LogP) is 3.30. The van der Waals surface area contributed by atoms with Crippen LogP contribution in [-0.2, 0) is 35.3 Å². The van der Waals surface area contributed by atoms with E-state index in [1.165, 1.54) is 11.3 Å². The highest BCUT2D eigenvalue weighted by Crippen LogP contribution is 2.18. The Labute approximate surface area is 222 Å². The normalized spacial score (nSPS) is 10.9. The third-order valence-corrected chi connectivity index (χ3v) is 6.50. The first-order chi connectivity index (χ1) is 18.6. The Morgan fingerprint density at radius 1 is 0.789 bits per heavy atom.